The van der Waals surface area contributed by atoms with Gasteiger partial charge in [-0.3, -0.25) is 0 Å². The Morgan fingerprint density at radius 1 is 1.42 bits per heavy atom. The van der Waals surface area contributed by atoms with E-state index < -0.39 is 5.82 Å². The van der Waals surface area contributed by atoms with Crippen LogP contribution in [0.5, 0.6) is 5.75 Å². The van der Waals surface area contributed by atoms with Gasteiger partial charge in [-0.1, -0.05) is 17.7 Å². The normalized spacial score (nSPS) is 9.79. The molecule has 0 unspecified atom stereocenters. The van der Waals surface area contributed by atoms with Crippen LogP contribution in [0, 0.1) is 17.1 Å². The molecule has 96 valence electrons. The minimum Gasteiger partial charge on any atom is -0.490 e. The summed E-state index contributed by atoms with van der Waals surface area (Å²) in [6, 6.07) is 6.02. The molecule has 0 fully saturated rings. The molecule has 0 aliphatic carbocycles. The fourth-order valence-electron chi connectivity index (χ4n) is 1.49. The number of nitrogens with zero attached hydrogens (tertiary/aromatic N) is 3. The molecule has 0 bridgehead atoms. The molecule has 0 saturated heterocycles. The highest BCUT2D eigenvalue weighted by Gasteiger charge is 2.13. The molecule has 1 N–H and O–H groups in total. The summed E-state index contributed by atoms with van der Waals surface area (Å²) in [5.74, 6) is -0.145. The first kappa shape index (κ1) is 13.1. The van der Waals surface area contributed by atoms with Crippen LogP contribution in [0.2, 0.25) is 5.15 Å². The highest BCUT2D eigenvalue weighted by atomic mass is 35.5. The number of rotatable bonds is 3. The van der Waals surface area contributed by atoms with Crippen molar-refractivity contribution in [1.82, 2.24) is 9.97 Å². The van der Waals surface area contributed by atoms with E-state index in [0.29, 0.717) is 0 Å². The molecular weight excluding hydrogens is 271 g/mol. The Hall–Kier alpha value is -2.39. The summed E-state index contributed by atoms with van der Waals surface area (Å²) in [6.45, 7) is 0. The van der Waals surface area contributed by atoms with E-state index in [2.05, 4.69) is 15.3 Å². The fourth-order valence-corrected chi connectivity index (χ4v) is 1.70. The summed E-state index contributed by atoms with van der Waals surface area (Å²) in [5.41, 5.74) is 0.162. The van der Waals surface area contributed by atoms with E-state index in [0.717, 1.165) is 0 Å². The van der Waals surface area contributed by atoms with Crippen LogP contribution in [-0.2, 0) is 0 Å². The van der Waals surface area contributed by atoms with Crippen LogP contribution < -0.4 is 10.1 Å². The molecular formula is C12H8ClFN4O. The third-order valence-corrected chi connectivity index (χ3v) is 2.61. The van der Waals surface area contributed by atoms with Crippen LogP contribution in [0.1, 0.15) is 5.56 Å². The lowest BCUT2D eigenvalue weighted by Crippen LogP contribution is -2.01. The third kappa shape index (κ3) is 2.56. The molecule has 7 heteroatoms. The minimum atomic E-state index is -0.619. The Morgan fingerprint density at radius 3 is 2.89 bits per heavy atom. The highest BCUT2D eigenvalue weighted by molar-refractivity contribution is 6.31. The molecule has 5 nitrogen and oxygen atoms in total. The van der Waals surface area contributed by atoms with Gasteiger partial charge in [-0.05, 0) is 12.1 Å². The van der Waals surface area contributed by atoms with Crippen LogP contribution >= 0.6 is 11.6 Å². The van der Waals surface area contributed by atoms with Crippen molar-refractivity contribution in [3.63, 3.8) is 0 Å². The quantitative estimate of drug-likeness (QED) is 0.874. The zero-order chi connectivity index (χ0) is 13.8. The van der Waals surface area contributed by atoms with Gasteiger partial charge in [0.05, 0.1) is 12.8 Å². The number of hydrogen-bond donors (Lipinski definition) is 1. The maximum atomic E-state index is 13.5. The van der Waals surface area contributed by atoms with Crippen molar-refractivity contribution < 1.29 is 9.13 Å². The van der Waals surface area contributed by atoms with E-state index in [9.17, 15) is 4.39 Å². The number of benzene rings is 1. The summed E-state index contributed by atoms with van der Waals surface area (Å²) in [6.07, 6.45) is 1.23. The molecule has 19 heavy (non-hydrogen) atoms. The number of hydrogen-bond acceptors (Lipinski definition) is 5. The molecule has 2 aromatic rings. The Morgan fingerprint density at radius 2 is 2.21 bits per heavy atom. The lowest BCUT2D eigenvalue weighted by Gasteiger charge is -2.11. The minimum absolute atomic E-state index is 0.112. The van der Waals surface area contributed by atoms with Crippen LogP contribution in [0.15, 0.2) is 24.5 Å². The number of ether oxygens (including phenoxy) is 1. The summed E-state index contributed by atoms with van der Waals surface area (Å²) < 4.78 is 18.5. The summed E-state index contributed by atoms with van der Waals surface area (Å²) in [7, 11) is 1.41. The number of methoxy groups -OCH3 is 1. The monoisotopic (exact) mass is 278 g/mol. The number of nitrogens with one attached hydrogen (secondary N) is 1. The zero-order valence-corrected chi connectivity index (χ0v) is 10.6. The molecule has 1 aromatic carbocycles. The highest BCUT2D eigenvalue weighted by Crippen LogP contribution is 2.31. The van der Waals surface area contributed by atoms with Crippen molar-refractivity contribution >= 4 is 23.1 Å². The number of nitriles is 1. The van der Waals surface area contributed by atoms with Crippen molar-refractivity contribution in [2.75, 3.05) is 12.4 Å². The second kappa shape index (κ2) is 5.50. The number of aromatic nitrogens is 2. The van der Waals surface area contributed by atoms with E-state index >= 15 is 0 Å². The Labute approximate surface area is 113 Å². The first-order valence-corrected chi connectivity index (χ1v) is 5.55. The molecule has 0 aliphatic heterocycles. The van der Waals surface area contributed by atoms with Gasteiger partial charge < -0.3 is 10.1 Å². The molecule has 1 heterocycles. The average molecular weight is 279 g/mol. The second-order valence-electron chi connectivity index (χ2n) is 3.45. The molecule has 0 amide bonds. The lowest BCUT2D eigenvalue weighted by molar-refractivity contribution is 0.413. The lowest BCUT2D eigenvalue weighted by atomic mass is 10.2. The topological polar surface area (TPSA) is 70.8 Å². The Bertz CT molecular complexity index is 657. The van der Waals surface area contributed by atoms with E-state index in [1.807, 2.05) is 0 Å². The SMILES string of the molecule is COc1c(Cl)ncnc1Nc1cccc(F)c1C#N. The maximum absolute atomic E-state index is 13.5. The Balaban J connectivity index is 2.46. The first-order chi connectivity index (χ1) is 9.17. The fraction of sp³-hybridized carbons (Fsp3) is 0.0833. The number of halogens is 2. The average Bonchev–Trinajstić information content (AvgIpc) is 2.39. The van der Waals surface area contributed by atoms with E-state index in [1.54, 1.807) is 12.1 Å². The number of anilines is 2. The first-order valence-electron chi connectivity index (χ1n) is 5.17. The summed E-state index contributed by atoms with van der Waals surface area (Å²) >= 11 is 5.85. The van der Waals surface area contributed by atoms with Gasteiger partial charge in [-0.15, -0.1) is 0 Å². The van der Waals surface area contributed by atoms with Crippen molar-refractivity contribution in [1.29, 1.82) is 5.26 Å². The molecule has 0 radical (unpaired) electrons. The van der Waals surface area contributed by atoms with Gasteiger partial charge in [0.2, 0.25) is 0 Å². The molecule has 0 atom stereocenters. The standard InChI is InChI=1S/C12H8ClFN4O/c1-19-10-11(13)16-6-17-12(10)18-9-4-2-3-8(14)7(9)5-15/h2-4,6H,1H3,(H,16,17,18). The van der Waals surface area contributed by atoms with Crippen molar-refractivity contribution in [2.45, 2.75) is 0 Å². The molecule has 0 spiro atoms. The van der Waals surface area contributed by atoms with Crippen molar-refractivity contribution in [3.05, 3.63) is 41.1 Å². The van der Waals surface area contributed by atoms with E-state index in [-0.39, 0.29) is 28.0 Å². The van der Waals surface area contributed by atoms with Gasteiger partial charge in [0.15, 0.2) is 16.7 Å². The predicted molar refractivity (Wildman–Crippen MR) is 68.0 cm³/mol. The zero-order valence-electron chi connectivity index (χ0n) is 9.82. The van der Waals surface area contributed by atoms with Crippen LogP contribution in [0.25, 0.3) is 0 Å². The van der Waals surface area contributed by atoms with Crippen LogP contribution in [0.4, 0.5) is 15.9 Å². The molecule has 1 aromatic heterocycles. The van der Waals surface area contributed by atoms with Gasteiger partial charge >= 0.3 is 0 Å². The Kier molecular flexibility index (Phi) is 3.78. The second-order valence-corrected chi connectivity index (χ2v) is 3.80. The van der Waals surface area contributed by atoms with Crippen LogP contribution in [-0.4, -0.2) is 17.1 Å². The van der Waals surface area contributed by atoms with Gasteiger partial charge in [0, 0.05) is 0 Å². The third-order valence-electron chi connectivity index (χ3n) is 2.34. The van der Waals surface area contributed by atoms with E-state index in [1.165, 1.54) is 25.6 Å². The van der Waals surface area contributed by atoms with Crippen molar-refractivity contribution in [2.24, 2.45) is 0 Å². The van der Waals surface area contributed by atoms with Gasteiger partial charge in [-0.25, -0.2) is 14.4 Å². The smallest absolute Gasteiger partial charge is 0.199 e. The molecule has 2 rings (SSSR count). The van der Waals surface area contributed by atoms with E-state index in [4.69, 9.17) is 21.6 Å². The molecule has 0 saturated carbocycles. The van der Waals surface area contributed by atoms with Crippen LogP contribution in [0.3, 0.4) is 0 Å². The van der Waals surface area contributed by atoms with Gasteiger partial charge in [0.25, 0.3) is 0 Å². The largest absolute Gasteiger partial charge is 0.490 e. The predicted octanol–water partition coefficient (Wildman–Crippen LogP) is 2.89. The maximum Gasteiger partial charge on any atom is 0.199 e. The summed E-state index contributed by atoms with van der Waals surface area (Å²) in [4.78, 5) is 7.71. The summed E-state index contributed by atoms with van der Waals surface area (Å²) in [5, 5.41) is 11.9. The molecule has 0 aliphatic rings. The van der Waals surface area contributed by atoms with Gasteiger partial charge in [0.1, 0.15) is 23.8 Å². The van der Waals surface area contributed by atoms with Gasteiger partial charge in [-0.2, -0.15) is 5.26 Å². The van der Waals surface area contributed by atoms with Crippen molar-refractivity contribution in [3.8, 4) is 11.8 Å².